The first-order chi connectivity index (χ1) is 16.3. The normalized spacial score (nSPS) is 16.8. The maximum atomic E-state index is 13.4. The van der Waals surface area contributed by atoms with Gasteiger partial charge in [0.25, 0.3) is 5.91 Å². The molecule has 0 aliphatic heterocycles. The Kier molecular flexibility index (Phi) is 6.98. The Balaban J connectivity index is 1.83. The third kappa shape index (κ3) is 5.12. The molecule has 4 rings (SSSR count). The van der Waals surface area contributed by atoms with Gasteiger partial charge in [-0.3, -0.25) is 4.79 Å². The number of nitrogens with zero attached hydrogens (tertiary/aromatic N) is 1. The number of nitrogens with one attached hydrogen (secondary N) is 1. The fraction of sp³-hybridized carbons (Fsp3) is 0.321. The van der Waals surface area contributed by atoms with Gasteiger partial charge < -0.3 is 10.1 Å². The number of amides is 1. The van der Waals surface area contributed by atoms with Crippen LogP contribution in [0.3, 0.4) is 0 Å². The minimum absolute atomic E-state index is 0.0453. The number of hydrogen-bond donors (Lipinski definition) is 1. The van der Waals surface area contributed by atoms with E-state index in [0.717, 1.165) is 45.5 Å². The third-order valence-corrected chi connectivity index (χ3v) is 7.10. The average molecular weight is 475 g/mol. The van der Waals surface area contributed by atoms with Crippen molar-refractivity contribution in [1.29, 1.82) is 0 Å². The predicted molar refractivity (Wildman–Crippen MR) is 139 cm³/mol. The van der Waals surface area contributed by atoms with E-state index in [1.54, 1.807) is 17.4 Å². The summed E-state index contributed by atoms with van der Waals surface area (Å²) >= 11 is 1.68. The molecule has 176 valence electrons. The summed E-state index contributed by atoms with van der Waals surface area (Å²) < 4.78 is 5.49. The Bertz CT molecular complexity index is 1250. The van der Waals surface area contributed by atoms with Crippen LogP contribution in [-0.2, 0) is 16.0 Å². The number of allylic oxidation sites excluding steroid dienone is 1. The first-order valence-corrected chi connectivity index (χ1v) is 12.4. The van der Waals surface area contributed by atoms with E-state index in [1.165, 1.54) is 0 Å². The Labute approximate surface area is 204 Å². The summed E-state index contributed by atoms with van der Waals surface area (Å²) in [4.78, 5) is 31.6. The molecule has 1 aromatic carbocycles. The smallest absolute Gasteiger partial charge is 0.339 e. The molecule has 1 atom stereocenters. The monoisotopic (exact) mass is 474 g/mol. The van der Waals surface area contributed by atoms with Crippen LogP contribution in [0.2, 0.25) is 0 Å². The SMILES string of the molecule is C=CCNC(=O)COC(=O)c1c2c(nc3ccccc13)C(=Cc1cccs1)CC(C(C)(C)C)C2. The van der Waals surface area contributed by atoms with E-state index < -0.39 is 5.97 Å². The highest BCUT2D eigenvalue weighted by Crippen LogP contribution is 2.45. The first kappa shape index (κ1) is 23.9. The number of ether oxygens (including phenoxy) is 1. The molecule has 1 N–H and O–H groups in total. The van der Waals surface area contributed by atoms with Gasteiger partial charge in [0.1, 0.15) is 0 Å². The maximum Gasteiger partial charge on any atom is 0.339 e. The maximum absolute atomic E-state index is 13.4. The molecule has 2 aromatic heterocycles. The van der Waals surface area contributed by atoms with Gasteiger partial charge in [-0.1, -0.05) is 51.1 Å². The number of rotatable bonds is 6. The second kappa shape index (κ2) is 9.94. The van der Waals surface area contributed by atoms with Crippen LogP contribution in [0.25, 0.3) is 22.6 Å². The van der Waals surface area contributed by atoms with Crippen molar-refractivity contribution < 1.29 is 14.3 Å². The fourth-order valence-electron chi connectivity index (χ4n) is 4.35. The van der Waals surface area contributed by atoms with Crippen molar-refractivity contribution in [2.24, 2.45) is 11.3 Å². The average Bonchev–Trinajstić information content (AvgIpc) is 3.32. The van der Waals surface area contributed by atoms with E-state index in [2.05, 4.69) is 50.2 Å². The molecule has 0 saturated heterocycles. The zero-order chi connectivity index (χ0) is 24.3. The molecular formula is C28H30N2O3S. The minimum atomic E-state index is -0.492. The van der Waals surface area contributed by atoms with Gasteiger partial charge >= 0.3 is 5.97 Å². The van der Waals surface area contributed by atoms with Crippen molar-refractivity contribution in [2.45, 2.75) is 33.6 Å². The fourth-order valence-corrected chi connectivity index (χ4v) is 5.04. The van der Waals surface area contributed by atoms with Gasteiger partial charge in [0.15, 0.2) is 6.61 Å². The zero-order valence-corrected chi connectivity index (χ0v) is 20.7. The van der Waals surface area contributed by atoms with Crippen LogP contribution in [-0.4, -0.2) is 30.0 Å². The first-order valence-electron chi connectivity index (χ1n) is 11.5. The summed E-state index contributed by atoms with van der Waals surface area (Å²) in [5.41, 5.74) is 4.20. The van der Waals surface area contributed by atoms with Crippen molar-refractivity contribution in [3.8, 4) is 0 Å². The third-order valence-electron chi connectivity index (χ3n) is 6.28. The lowest BCUT2D eigenvalue weighted by atomic mass is 9.69. The van der Waals surface area contributed by atoms with E-state index in [0.29, 0.717) is 18.0 Å². The van der Waals surface area contributed by atoms with Crippen LogP contribution in [0, 0.1) is 11.3 Å². The molecule has 1 aliphatic rings. The van der Waals surface area contributed by atoms with Crippen molar-refractivity contribution in [1.82, 2.24) is 10.3 Å². The van der Waals surface area contributed by atoms with Gasteiger partial charge in [-0.15, -0.1) is 17.9 Å². The quantitative estimate of drug-likeness (QED) is 0.356. The molecule has 0 fully saturated rings. The highest BCUT2D eigenvalue weighted by atomic mass is 32.1. The second-order valence-electron chi connectivity index (χ2n) is 9.66. The molecule has 1 aliphatic carbocycles. The summed E-state index contributed by atoms with van der Waals surface area (Å²) in [5.74, 6) is -0.517. The summed E-state index contributed by atoms with van der Waals surface area (Å²) in [7, 11) is 0. The highest BCUT2D eigenvalue weighted by Gasteiger charge is 2.35. The highest BCUT2D eigenvalue weighted by molar-refractivity contribution is 7.10. The molecule has 3 aromatic rings. The van der Waals surface area contributed by atoms with Gasteiger partial charge in [0.05, 0.1) is 16.8 Å². The van der Waals surface area contributed by atoms with Crippen molar-refractivity contribution >= 4 is 45.8 Å². The summed E-state index contributed by atoms with van der Waals surface area (Å²) in [6.45, 7) is 10.3. The zero-order valence-electron chi connectivity index (χ0n) is 19.9. The number of benzene rings is 1. The summed E-state index contributed by atoms with van der Waals surface area (Å²) in [5, 5.41) is 5.46. The lowest BCUT2D eigenvalue weighted by Crippen LogP contribution is -2.30. The van der Waals surface area contributed by atoms with E-state index in [-0.39, 0.29) is 17.9 Å². The topological polar surface area (TPSA) is 68.3 Å². The standard InChI is InChI=1S/C28H30N2O3S/c1-5-12-29-24(31)17-33-27(32)25-21-10-6-7-11-23(21)30-26-18(15-20-9-8-13-34-20)14-19(16-22(25)26)28(2,3)4/h5-11,13,15,19H,1,12,14,16-17H2,2-4H3,(H,29,31). The molecule has 1 unspecified atom stereocenters. The van der Waals surface area contributed by atoms with Crippen LogP contribution in [0.1, 0.15) is 53.7 Å². The number of thiophene rings is 1. The van der Waals surface area contributed by atoms with Crippen LogP contribution in [0.15, 0.2) is 54.4 Å². The van der Waals surface area contributed by atoms with Gasteiger partial charge in [-0.2, -0.15) is 0 Å². The number of aromatic nitrogens is 1. The van der Waals surface area contributed by atoms with Crippen molar-refractivity contribution in [3.63, 3.8) is 0 Å². The Morgan fingerprint density at radius 2 is 2.00 bits per heavy atom. The Morgan fingerprint density at radius 3 is 2.71 bits per heavy atom. The van der Waals surface area contributed by atoms with Gasteiger partial charge in [0.2, 0.25) is 0 Å². The molecule has 0 saturated carbocycles. The number of hydrogen-bond acceptors (Lipinski definition) is 5. The molecule has 5 nitrogen and oxygen atoms in total. The van der Waals surface area contributed by atoms with Crippen LogP contribution in [0.5, 0.6) is 0 Å². The van der Waals surface area contributed by atoms with E-state index >= 15 is 0 Å². The largest absolute Gasteiger partial charge is 0.452 e. The van der Waals surface area contributed by atoms with Crippen molar-refractivity contribution in [3.05, 3.63) is 76.1 Å². The number of carbonyl (C=O) groups excluding carboxylic acids is 2. The van der Waals surface area contributed by atoms with E-state index in [4.69, 9.17) is 9.72 Å². The second-order valence-corrected chi connectivity index (χ2v) is 10.6. The lowest BCUT2D eigenvalue weighted by molar-refractivity contribution is -0.124. The number of pyridine rings is 1. The number of fused-ring (bicyclic) bond motifs is 2. The number of esters is 1. The molecule has 1 amide bonds. The predicted octanol–water partition coefficient (Wildman–Crippen LogP) is 5.90. The Morgan fingerprint density at radius 1 is 1.21 bits per heavy atom. The van der Waals surface area contributed by atoms with Gasteiger partial charge in [-0.05, 0) is 58.9 Å². The summed E-state index contributed by atoms with van der Waals surface area (Å²) in [6.07, 6.45) is 5.39. The lowest BCUT2D eigenvalue weighted by Gasteiger charge is -2.36. The van der Waals surface area contributed by atoms with Gasteiger partial charge in [-0.25, -0.2) is 9.78 Å². The number of para-hydroxylation sites is 1. The molecule has 2 heterocycles. The molecule has 34 heavy (non-hydrogen) atoms. The molecular weight excluding hydrogens is 444 g/mol. The molecule has 6 heteroatoms. The van der Waals surface area contributed by atoms with Crippen LogP contribution < -0.4 is 5.32 Å². The summed E-state index contributed by atoms with van der Waals surface area (Å²) in [6, 6.07) is 11.8. The molecule has 0 radical (unpaired) electrons. The van der Waals surface area contributed by atoms with Crippen LogP contribution >= 0.6 is 11.3 Å². The minimum Gasteiger partial charge on any atom is -0.452 e. The van der Waals surface area contributed by atoms with E-state index in [9.17, 15) is 9.59 Å². The molecule has 0 spiro atoms. The van der Waals surface area contributed by atoms with Crippen molar-refractivity contribution in [2.75, 3.05) is 13.2 Å². The van der Waals surface area contributed by atoms with Gasteiger partial charge in [0, 0.05) is 16.8 Å². The van der Waals surface area contributed by atoms with Crippen LogP contribution in [0.4, 0.5) is 0 Å². The molecule has 0 bridgehead atoms. The van der Waals surface area contributed by atoms with E-state index in [1.807, 2.05) is 30.3 Å². The number of carbonyl (C=O) groups is 2. The Hall–Kier alpha value is -3.25.